The van der Waals surface area contributed by atoms with E-state index in [1.807, 2.05) is 0 Å². The van der Waals surface area contributed by atoms with Crippen LogP contribution in [-0.2, 0) is 24.8 Å². The van der Waals surface area contributed by atoms with Gasteiger partial charge in [0.1, 0.15) is 5.75 Å². The lowest BCUT2D eigenvalue weighted by molar-refractivity contribution is -0.118. The van der Waals surface area contributed by atoms with Crippen molar-refractivity contribution in [3.63, 3.8) is 0 Å². The number of primary sulfonamides is 1. The van der Waals surface area contributed by atoms with Crippen molar-refractivity contribution < 1.29 is 26.4 Å². The molecular formula is C21H27N3O6S2. The van der Waals surface area contributed by atoms with E-state index in [2.05, 4.69) is 5.32 Å². The second-order valence-corrected chi connectivity index (χ2v) is 11.2. The molecule has 2 aromatic rings. The maximum Gasteiger partial charge on any atom is 0.262 e. The van der Waals surface area contributed by atoms with Crippen molar-refractivity contribution in [3.8, 4) is 5.75 Å². The van der Waals surface area contributed by atoms with E-state index < -0.39 is 26.0 Å². The van der Waals surface area contributed by atoms with E-state index >= 15 is 0 Å². The molecule has 1 heterocycles. The average molecular weight is 482 g/mol. The molecule has 3 N–H and O–H groups in total. The summed E-state index contributed by atoms with van der Waals surface area (Å²) in [5, 5.41) is 7.82. The van der Waals surface area contributed by atoms with E-state index in [1.165, 1.54) is 40.7 Å². The minimum absolute atomic E-state index is 0.0951. The lowest BCUT2D eigenvalue weighted by Crippen LogP contribution is -2.35. The number of anilines is 1. The van der Waals surface area contributed by atoms with Crippen molar-refractivity contribution in [1.29, 1.82) is 0 Å². The summed E-state index contributed by atoms with van der Waals surface area (Å²) in [6.45, 7) is 4.17. The maximum absolute atomic E-state index is 12.7. The number of piperidine rings is 1. The molecule has 0 radical (unpaired) electrons. The van der Waals surface area contributed by atoms with Crippen LogP contribution in [0.4, 0.5) is 5.69 Å². The highest BCUT2D eigenvalue weighted by molar-refractivity contribution is 7.89. The molecule has 32 heavy (non-hydrogen) atoms. The van der Waals surface area contributed by atoms with Crippen molar-refractivity contribution in [2.45, 2.75) is 42.9 Å². The van der Waals surface area contributed by atoms with E-state index in [0.717, 1.165) is 19.3 Å². The van der Waals surface area contributed by atoms with Crippen LogP contribution >= 0.6 is 0 Å². The molecule has 0 saturated carbocycles. The zero-order valence-corrected chi connectivity index (χ0v) is 19.6. The number of nitrogens with two attached hydrogens (primary N) is 1. The van der Waals surface area contributed by atoms with Gasteiger partial charge in [0.2, 0.25) is 20.0 Å². The second kappa shape index (κ2) is 9.57. The maximum atomic E-state index is 12.7. The van der Waals surface area contributed by atoms with E-state index in [4.69, 9.17) is 9.88 Å². The Kier molecular flexibility index (Phi) is 7.23. The van der Waals surface area contributed by atoms with Crippen LogP contribution in [0.2, 0.25) is 0 Å². The molecular weight excluding hydrogens is 454 g/mol. The number of sulfonamides is 2. The smallest absolute Gasteiger partial charge is 0.262 e. The number of nitrogens with zero attached hydrogens (tertiary/aromatic N) is 1. The highest BCUT2D eigenvalue weighted by Gasteiger charge is 2.25. The van der Waals surface area contributed by atoms with Crippen molar-refractivity contribution in [2.75, 3.05) is 25.0 Å². The third-order valence-electron chi connectivity index (χ3n) is 5.39. The summed E-state index contributed by atoms with van der Waals surface area (Å²) in [5.41, 5.74) is 1.70. The third-order valence-corrected chi connectivity index (χ3v) is 8.20. The number of ether oxygens (including phenoxy) is 1. The molecule has 174 valence electrons. The van der Waals surface area contributed by atoms with Gasteiger partial charge in [0.25, 0.3) is 5.91 Å². The monoisotopic (exact) mass is 481 g/mol. The number of aryl methyl sites for hydroxylation is 1. The largest absolute Gasteiger partial charge is 0.484 e. The molecule has 1 saturated heterocycles. The van der Waals surface area contributed by atoms with Crippen LogP contribution < -0.4 is 15.2 Å². The third kappa shape index (κ3) is 5.66. The molecule has 1 fully saturated rings. The van der Waals surface area contributed by atoms with Gasteiger partial charge < -0.3 is 10.1 Å². The minimum Gasteiger partial charge on any atom is -0.484 e. The van der Waals surface area contributed by atoms with E-state index in [0.29, 0.717) is 35.7 Å². The predicted molar refractivity (Wildman–Crippen MR) is 120 cm³/mol. The number of hydrogen-bond acceptors (Lipinski definition) is 6. The Balaban J connectivity index is 1.64. The first-order chi connectivity index (χ1) is 15.0. The zero-order valence-electron chi connectivity index (χ0n) is 18.0. The number of nitrogens with one attached hydrogen (secondary N) is 1. The Bertz CT molecular complexity index is 1200. The van der Waals surface area contributed by atoms with Crippen LogP contribution in [0.1, 0.15) is 30.4 Å². The van der Waals surface area contributed by atoms with Gasteiger partial charge in [-0.3, -0.25) is 4.79 Å². The molecule has 11 heteroatoms. The van der Waals surface area contributed by atoms with Gasteiger partial charge in [0.05, 0.1) is 9.79 Å². The van der Waals surface area contributed by atoms with Crippen LogP contribution in [0, 0.1) is 13.8 Å². The Morgan fingerprint density at radius 3 is 2.22 bits per heavy atom. The number of carbonyl (C=O) groups is 1. The Hall–Kier alpha value is -2.47. The number of hydrogen-bond donors (Lipinski definition) is 2. The molecule has 0 aromatic heterocycles. The molecule has 0 spiro atoms. The van der Waals surface area contributed by atoms with Gasteiger partial charge >= 0.3 is 0 Å². The topological polar surface area (TPSA) is 136 Å². The zero-order chi connectivity index (χ0) is 23.5. The van der Waals surface area contributed by atoms with Crippen LogP contribution in [-0.4, -0.2) is 46.7 Å². The van der Waals surface area contributed by atoms with Crippen molar-refractivity contribution in [1.82, 2.24) is 4.31 Å². The molecule has 0 unspecified atom stereocenters. The molecule has 2 aromatic carbocycles. The Morgan fingerprint density at radius 2 is 1.62 bits per heavy atom. The number of carbonyl (C=O) groups excluding carboxylic acids is 1. The molecule has 0 atom stereocenters. The fraction of sp³-hybridized carbons (Fsp3) is 0.381. The lowest BCUT2D eigenvalue weighted by Gasteiger charge is -2.25. The standard InChI is InChI=1S/C21H27N3O6S2/c1-15-12-19(31(22,26)27)13-20(16(15)2)23-21(25)14-30-17-6-8-18(9-7-17)32(28,29)24-10-4-3-5-11-24/h6-9,12-13H,3-5,10-11,14H2,1-2H3,(H,23,25)(H2,22,26,27). The fourth-order valence-corrected chi connectivity index (χ4v) is 5.56. The van der Waals surface area contributed by atoms with Crippen LogP contribution in [0.5, 0.6) is 5.75 Å². The van der Waals surface area contributed by atoms with Crippen molar-refractivity contribution >= 4 is 31.6 Å². The highest BCUT2D eigenvalue weighted by Crippen LogP contribution is 2.24. The summed E-state index contributed by atoms with van der Waals surface area (Å²) in [6.07, 6.45) is 2.75. The van der Waals surface area contributed by atoms with Gasteiger partial charge in [-0.25, -0.2) is 22.0 Å². The summed E-state index contributed by atoms with van der Waals surface area (Å²) in [5.74, 6) is -0.159. The second-order valence-electron chi connectivity index (χ2n) is 7.73. The van der Waals surface area contributed by atoms with E-state index in [9.17, 15) is 21.6 Å². The molecule has 9 nitrogen and oxygen atoms in total. The Labute approximate surface area is 188 Å². The van der Waals surface area contributed by atoms with E-state index in [-0.39, 0.29) is 16.4 Å². The number of amides is 1. The first kappa shape index (κ1) is 24.2. The Morgan fingerprint density at radius 1 is 1.00 bits per heavy atom. The minimum atomic E-state index is -3.92. The summed E-state index contributed by atoms with van der Waals surface area (Å²) >= 11 is 0. The molecule has 3 rings (SSSR count). The van der Waals surface area contributed by atoms with Gasteiger partial charge in [0, 0.05) is 18.8 Å². The first-order valence-corrected chi connectivity index (χ1v) is 13.1. The SMILES string of the molecule is Cc1cc(S(N)(=O)=O)cc(NC(=O)COc2ccc(S(=O)(=O)N3CCCCC3)cc2)c1C. The number of benzene rings is 2. The quantitative estimate of drug-likeness (QED) is 0.622. The summed E-state index contributed by atoms with van der Waals surface area (Å²) in [7, 11) is -7.45. The molecule has 1 aliphatic rings. The molecule has 0 bridgehead atoms. The van der Waals surface area contributed by atoms with E-state index in [1.54, 1.807) is 13.8 Å². The molecule has 0 aliphatic carbocycles. The normalized spacial score (nSPS) is 15.3. The average Bonchev–Trinajstić information content (AvgIpc) is 2.75. The lowest BCUT2D eigenvalue weighted by atomic mass is 10.1. The molecule has 1 amide bonds. The summed E-state index contributed by atoms with van der Waals surface area (Å²) < 4.78 is 55.6. The predicted octanol–water partition coefficient (Wildman–Crippen LogP) is 2.14. The first-order valence-electron chi connectivity index (χ1n) is 10.2. The van der Waals surface area contributed by atoms with Crippen molar-refractivity contribution in [2.24, 2.45) is 5.14 Å². The molecule has 1 aliphatic heterocycles. The van der Waals surface area contributed by atoms with Gasteiger partial charge in [-0.15, -0.1) is 0 Å². The fourth-order valence-electron chi connectivity index (χ4n) is 3.42. The van der Waals surface area contributed by atoms with Gasteiger partial charge in [-0.2, -0.15) is 4.31 Å². The van der Waals surface area contributed by atoms with Crippen LogP contribution in [0.25, 0.3) is 0 Å². The van der Waals surface area contributed by atoms with Gasteiger partial charge in [0.15, 0.2) is 6.61 Å². The van der Waals surface area contributed by atoms with Gasteiger partial charge in [-0.1, -0.05) is 6.42 Å². The van der Waals surface area contributed by atoms with Crippen molar-refractivity contribution in [3.05, 3.63) is 47.5 Å². The summed E-state index contributed by atoms with van der Waals surface area (Å²) in [6, 6.07) is 8.66. The highest BCUT2D eigenvalue weighted by atomic mass is 32.2. The van der Waals surface area contributed by atoms with Gasteiger partial charge in [-0.05, 0) is 74.2 Å². The number of rotatable bonds is 7. The summed E-state index contributed by atoms with van der Waals surface area (Å²) in [4.78, 5) is 12.4. The van der Waals surface area contributed by atoms with Crippen LogP contribution in [0.3, 0.4) is 0 Å². The van der Waals surface area contributed by atoms with Crippen LogP contribution in [0.15, 0.2) is 46.2 Å².